The van der Waals surface area contributed by atoms with Crippen molar-refractivity contribution >= 4 is 6.21 Å². The molecule has 1 nitrogen and oxygen atoms in total. The highest BCUT2D eigenvalue weighted by Crippen LogP contribution is 2.41. The van der Waals surface area contributed by atoms with E-state index in [1.807, 2.05) is 6.20 Å². The maximum absolute atomic E-state index is 4.29. The minimum absolute atomic E-state index is 0.244. The molecule has 0 bridgehead atoms. The monoisotopic (exact) mass is 179 g/mol. The highest BCUT2D eigenvalue weighted by atomic mass is 14.7. The molecule has 1 unspecified atom stereocenters. The molecule has 0 aromatic carbocycles. The third kappa shape index (κ3) is 2.20. The minimum atomic E-state index is 0.244. The molecule has 1 heterocycles. The Morgan fingerprint density at radius 2 is 1.62 bits per heavy atom. The maximum Gasteiger partial charge on any atom is 0.0268 e. The zero-order valence-corrected chi connectivity index (χ0v) is 9.68. The van der Waals surface area contributed by atoms with Gasteiger partial charge in [-0.05, 0) is 16.4 Å². The van der Waals surface area contributed by atoms with E-state index in [1.54, 1.807) is 0 Å². The van der Waals surface area contributed by atoms with E-state index >= 15 is 0 Å². The van der Waals surface area contributed by atoms with E-state index in [4.69, 9.17) is 0 Å². The van der Waals surface area contributed by atoms with E-state index in [1.165, 1.54) is 5.57 Å². The Morgan fingerprint density at radius 3 is 1.92 bits per heavy atom. The van der Waals surface area contributed by atoms with Crippen molar-refractivity contribution < 1.29 is 0 Å². The van der Waals surface area contributed by atoms with Crippen molar-refractivity contribution in [2.24, 2.45) is 21.7 Å². The zero-order chi connectivity index (χ0) is 10.3. The number of allylic oxidation sites excluding steroid dienone is 1. The summed E-state index contributed by atoms with van der Waals surface area (Å²) >= 11 is 0. The molecule has 1 rings (SSSR count). The van der Waals surface area contributed by atoms with E-state index in [9.17, 15) is 0 Å². The van der Waals surface area contributed by atoms with E-state index in [0.717, 1.165) is 0 Å². The molecule has 1 aliphatic heterocycles. The number of hydrogen-bond acceptors (Lipinski definition) is 1. The summed E-state index contributed by atoms with van der Waals surface area (Å²) in [5.41, 5.74) is 1.99. The molecule has 0 aliphatic carbocycles. The highest BCUT2D eigenvalue weighted by molar-refractivity contribution is 5.70. The molecular weight excluding hydrogens is 158 g/mol. The average molecular weight is 179 g/mol. The van der Waals surface area contributed by atoms with Gasteiger partial charge in [-0.2, -0.15) is 0 Å². The summed E-state index contributed by atoms with van der Waals surface area (Å²) < 4.78 is 0. The highest BCUT2D eigenvalue weighted by Gasteiger charge is 2.34. The summed E-state index contributed by atoms with van der Waals surface area (Å²) in [4.78, 5) is 4.29. The van der Waals surface area contributed by atoms with Crippen molar-refractivity contribution in [1.82, 2.24) is 0 Å². The van der Waals surface area contributed by atoms with Gasteiger partial charge in [-0.3, -0.25) is 4.99 Å². The van der Waals surface area contributed by atoms with E-state index < -0.39 is 0 Å². The minimum Gasteiger partial charge on any atom is -0.268 e. The van der Waals surface area contributed by atoms with Gasteiger partial charge in [0.2, 0.25) is 0 Å². The van der Waals surface area contributed by atoms with Crippen LogP contribution in [0.25, 0.3) is 0 Å². The van der Waals surface area contributed by atoms with Gasteiger partial charge >= 0.3 is 0 Å². The second-order valence-corrected chi connectivity index (χ2v) is 5.98. The molecule has 74 valence electrons. The van der Waals surface area contributed by atoms with Crippen LogP contribution < -0.4 is 0 Å². The Morgan fingerprint density at radius 1 is 1.08 bits per heavy atom. The zero-order valence-electron chi connectivity index (χ0n) is 9.68. The van der Waals surface area contributed by atoms with Crippen LogP contribution in [0.5, 0.6) is 0 Å². The lowest BCUT2D eigenvalue weighted by atomic mass is 9.70. The van der Waals surface area contributed by atoms with Crippen LogP contribution in [0, 0.1) is 16.7 Å². The molecule has 1 aliphatic rings. The fourth-order valence-corrected chi connectivity index (χ4v) is 1.72. The maximum atomic E-state index is 4.29. The van der Waals surface area contributed by atoms with E-state index in [-0.39, 0.29) is 5.41 Å². The SMILES string of the molecule is CC(C)(C)C1=CN=CC1C(C)(C)C. The Labute approximate surface area is 82.0 Å². The topological polar surface area (TPSA) is 12.4 Å². The van der Waals surface area contributed by atoms with Crippen molar-refractivity contribution in [1.29, 1.82) is 0 Å². The van der Waals surface area contributed by atoms with Gasteiger partial charge in [-0.25, -0.2) is 0 Å². The number of rotatable bonds is 0. The second-order valence-electron chi connectivity index (χ2n) is 5.98. The molecule has 0 amide bonds. The summed E-state index contributed by atoms with van der Waals surface area (Å²) in [6.45, 7) is 13.6. The molecule has 0 spiro atoms. The molecule has 0 saturated carbocycles. The van der Waals surface area contributed by atoms with Crippen molar-refractivity contribution in [2.45, 2.75) is 41.5 Å². The molecule has 0 aromatic rings. The standard InChI is InChI=1S/C12H21N/c1-11(2,3)9-7-13-8-10(9)12(4,5)6/h7-9H,1-6H3. The summed E-state index contributed by atoms with van der Waals surface area (Å²) in [6, 6.07) is 0. The quantitative estimate of drug-likeness (QED) is 0.538. The normalized spacial score (nSPS) is 23.5. The molecule has 0 saturated heterocycles. The molecular formula is C12H21N. The van der Waals surface area contributed by atoms with Crippen LogP contribution in [0.3, 0.4) is 0 Å². The molecule has 1 heteroatoms. The van der Waals surface area contributed by atoms with Gasteiger partial charge in [0, 0.05) is 18.3 Å². The van der Waals surface area contributed by atoms with Crippen molar-refractivity contribution in [3.8, 4) is 0 Å². The summed E-state index contributed by atoms with van der Waals surface area (Å²) in [5.74, 6) is 0.507. The fraction of sp³-hybridized carbons (Fsp3) is 0.750. The van der Waals surface area contributed by atoms with Crippen molar-refractivity contribution in [3.63, 3.8) is 0 Å². The first-order valence-electron chi connectivity index (χ1n) is 4.97. The first kappa shape index (κ1) is 10.5. The summed E-state index contributed by atoms with van der Waals surface area (Å²) in [5, 5.41) is 0. The predicted octanol–water partition coefficient (Wildman–Crippen LogP) is 3.66. The van der Waals surface area contributed by atoms with Gasteiger partial charge in [-0.1, -0.05) is 41.5 Å². The fourth-order valence-electron chi connectivity index (χ4n) is 1.72. The molecule has 0 fully saturated rings. The van der Waals surface area contributed by atoms with Gasteiger partial charge in [-0.15, -0.1) is 0 Å². The van der Waals surface area contributed by atoms with Gasteiger partial charge in [0.05, 0.1) is 0 Å². The van der Waals surface area contributed by atoms with E-state index in [2.05, 4.69) is 52.7 Å². The number of nitrogens with zero attached hydrogens (tertiary/aromatic N) is 1. The van der Waals surface area contributed by atoms with Crippen LogP contribution in [0.1, 0.15) is 41.5 Å². The van der Waals surface area contributed by atoms with Gasteiger partial charge < -0.3 is 0 Å². The van der Waals surface area contributed by atoms with Crippen LogP contribution >= 0.6 is 0 Å². The molecule has 0 N–H and O–H groups in total. The van der Waals surface area contributed by atoms with Crippen LogP contribution in [0.15, 0.2) is 16.8 Å². The lowest BCUT2D eigenvalue weighted by Gasteiger charge is -2.33. The number of aliphatic imine (C=N–C) groups is 1. The van der Waals surface area contributed by atoms with Crippen LogP contribution in [-0.2, 0) is 0 Å². The lowest BCUT2D eigenvalue weighted by Crippen LogP contribution is -2.27. The molecule has 0 aromatic heterocycles. The molecule has 0 radical (unpaired) electrons. The molecule has 13 heavy (non-hydrogen) atoms. The lowest BCUT2D eigenvalue weighted by molar-refractivity contribution is 0.312. The smallest absolute Gasteiger partial charge is 0.0268 e. The van der Waals surface area contributed by atoms with Gasteiger partial charge in [0.1, 0.15) is 0 Å². The first-order chi connectivity index (χ1) is 5.73. The Hall–Kier alpha value is -0.590. The van der Waals surface area contributed by atoms with Crippen LogP contribution in [0.2, 0.25) is 0 Å². The van der Waals surface area contributed by atoms with Gasteiger partial charge in [0.25, 0.3) is 0 Å². The molecule has 1 atom stereocenters. The third-order valence-corrected chi connectivity index (χ3v) is 2.58. The van der Waals surface area contributed by atoms with Crippen LogP contribution in [-0.4, -0.2) is 6.21 Å². The Kier molecular flexibility index (Phi) is 2.40. The second kappa shape index (κ2) is 2.97. The van der Waals surface area contributed by atoms with Crippen molar-refractivity contribution in [2.75, 3.05) is 0 Å². The first-order valence-corrected chi connectivity index (χ1v) is 4.97. The summed E-state index contributed by atoms with van der Waals surface area (Å²) in [7, 11) is 0. The summed E-state index contributed by atoms with van der Waals surface area (Å²) in [6.07, 6.45) is 4.12. The van der Waals surface area contributed by atoms with Crippen LogP contribution in [0.4, 0.5) is 0 Å². The van der Waals surface area contributed by atoms with E-state index in [0.29, 0.717) is 11.3 Å². The predicted molar refractivity (Wildman–Crippen MR) is 59.0 cm³/mol. The third-order valence-electron chi connectivity index (χ3n) is 2.58. The van der Waals surface area contributed by atoms with Gasteiger partial charge in [0.15, 0.2) is 0 Å². The van der Waals surface area contributed by atoms with Crippen molar-refractivity contribution in [3.05, 3.63) is 11.8 Å². The largest absolute Gasteiger partial charge is 0.268 e. The number of hydrogen-bond donors (Lipinski definition) is 0. The Balaban J connectivity index is 2.92. The Bertz CT molecular complexity index is 245. The average Bonchev–Trinajstić information content (AvgIpc) is 2.27.